The van der Waals surface area contributed by atoms with Crippen molar-refractivity contribution in [1.82, 2.24) is 44.6 Å². The van der Waals surface area contributed by atoms with Crippen molar-refractivity contribution >= 4 is 75.2 Å². The third-order valence-electron chi connectivity index (χ3n) is 15.2. The van der Waals surface area contributed by atoms with Crippen molar-refractivity contribution in [3.8, 4) is 29.4 Å². The van der Waals surface area contributed by atoms with Crippen LogP contribution in [0.4, 0.5) is 53.1 Å². The summed E-state index contributed by atoms with van der Waals surface area (Å²) in [4.78, 5) is 79.7. The van der Waals surface area contributed by atoms with Gasteiger partial charge in [0.15, 0.2) is 17.2 Å². The topological polar surface area (TPSA) is 319 Å². The highest BCUT2D eigenvalue weighted by Gasteiger charge is 2.33. The molecule has 0 saturated carbocycles. The summed E-state index contributed by atoms with van der Waals surface area (Å²) in [6.07, 6.45) is 4.25. The van der Waals surface area contributed by atoms with E-state index in [9.17, 15) is 37.6 Å². The zero-order valence-corrected chi connectivity index (χ0v) is 53.6. The molecular weight excluding hydrogens is 1250 g/mol. The Labute approximate surface area is 549 Å². The number of nitriles is 2. The summed E-state index contributed by atoms with van der Waals surface area (Å²) in [5.74, 6) is -0.648. The number of nitrogen functional groups attached to an aromatic ring is 1. The predicted octanol–water partition coefficient (Wildman–Crippen LogP) is 10.7. The first-order valence-electron chi connectivity index (χ1n) is 29.0. The number of nitrogens with one attached hydrogen (secondary N) is 3. The molecule has 0 radical (unpaired) electrons. The number of methoxy groups -OCH3 is 3. The number of fused-ring (bicyclic) bond motifs is 3. The average Bonchev–Trinajstić information content (AvgIpc) is 1.68. The lowest BCUT2D eigenvalue weighted by atomic mass is 10.1. The van der Waals surface area contributed by atoms with Gasteiger partial charge in [-0.25, -0.2) is 23.1 Å². The summed E-state index contributed by atoms with van der Waals surface area (Å²) >= 11 is 6.06. The number of amides is 4. The summed E-state index contributed by atoms with van der Waals surface area (Å²) in [5, 5.41) is 28.4. The largest absolute Gasteiger partial charge is 0.494 e. The number of pyridine rings is 6. The van der Waals surface area contributed by atoms with E-state index in [1.54, 1.807) is 142 Å². The van der Waals surface area contributed by atoms with Crippen LogP contribution in [0.1, 0.15) is 109 Å². The number of nitrogens with two attached hydrogens (primary N) is 2. The van der Waals surface area contributed by atoms with E-state index in [1.165, 1.54) is 39.8 Å². The van der Waals surface area contributed by atoms with Crippen molar-refractivity contribution < 1.29 is 46.6 Å². The number of anilines is 7. The molecule has 23 nitrogen and oxygen atoms in total. The van der Waals surface area contributed by atoms with Crippen LogP contribution in [0.2, 0.25) is 5.15 Å². The maximum Gasteiger partial charge on any atom is 0.257 e. The first-order chi connectivity index (χ1) is 45.4. The number of primary amides is 1. The summed E-state index contributed by atoms with van der Waals surface area (Å²) < 4.78 is 55.7. The van der Waals surface area contributed by atoms with Gasteiger partial charge in [0.05, 0.1) is 144 Å². The van der Waals surface area contributed by atoms with E-state index in [4.69, 9.17) is 42.5 Å². The highest BCUT2D eigenvalue weighted by Crippen LogP contribution is 2.39. The summed E-state index contributed by atoms with van der Waals surface area (Å²) in [6, 6.07) is 29.5. The molecule has 6 aromatic heterocycles. The summed E-state index contributed by atoms with van der Waals surface area (Å²) in [5.41, 5.74) is 22.6. The van der Waals surface area contributed by atoms with Crippen LogP contribution in [0, 0.1) is 60.9 Å². The van der Waals surface area contributed by atoms with Gasteiger partial charge in [-0.2, -0.15) is 10.5 Å². The molecule has 0 fully saturated rings. The van der Waals surface area contributed by atoms with E-state index in [0.29, 0.717) is 173 Å². The fourth-order valence-corrected chi connectivity index (χ4v) is 10.8. The lowest BCUT2D eigenvalue weighted by Gasteiger charge is -2.16. The van der Waals surface area contributed by atoms with Crippen LogP contribution in [0.25, 0.3) is 0 Å². The Balaban J connectivity index is 0.000000158. The van der Waals surface area contributed by atoms with E-state index >= 15 is 0 Å². The number of nitrogens with zero attached hydrogens (tertiary/aromatic N) is 11. The molecule has 0 atom stereocenters. The first-order valence-corrected chi connectivity index (χ1v) is 29.3. The molecule has 0 unspecified atom stereocenters. The minimum Gasteiger partial charge on any atom is -0.494 e. The van der Waals surface area contributed by atoms with Crippen LogP contribution in [0.15, 0.2) is 110 Å². The number of rotatable bonds is 14. The zero-order chi connectivity index (χ0) is 68.5. The molecule has 27 heteroatoms. The minimum atomic E-state index is -0.625. The molecule has 3 aromatic carbocycles. The molecule has 9 heterocycles. The molecule has 0 spiro atoms. The highest BCUT2D eigenvalue weighted by molar-refractivity contribution is 6.30. The molecule has 95 heavy (non-hydrogen) atoms. The van der Waals surface area contributed by atoms with Gasteiger partial charge in [0.1, 0.15) is 40.6 Å². The van der Waals surface area contributed by atoms with Gasteiger partial charge in [0.25, 0.3) is 23.6 Å². The number of hydrogen-bond acceptors (Lipinski definition) is 19. The molecule has 484 valence electrons. The Morgan fingerprint density at radius 1 is 0.537 bits per heavy atom. The second-order valence-electron chi connectivity index (χ2n) is 21.9. The Hall–Kier alpha value is -11.9. The van der Waals surface area contributed by atoms with Gasteiger partial charge < -0.3 is 56.3 Å². The Morgan fingerprint density at radius 2 is 0.905 bits per heavy atom. The van der Waals surface area contributed by atoms with Crippen LogP contribution in [0.3, 0.4) is 0 Å². The second kappa shape index (κ2) is 29.2. The van der Waals surface area contributed by atoms with Gasteiger partial charge in [0, 0.05) is 56.8 Å². The van der Waals surface area contributed by atoms with E-state index < -0.39 is 5.91 Å². The maximum atomic E-state index is 13.6. The van der Waals surface area contributed by atoms with Crippen molar-refractivity contribution in [2.75, 3.05) is 64.2 Å². The van der Waals surface area contributed by atoms with E-state index in [1.807, 2.05) is 0 Å². The first kappa shape index (κ1) is 67.5. The van der Waals surface area contributed by atoms with Gasteiger partial charge in [-0.1, -0.05) is 29.8 Å². The van der Waals surface area contributed by atoms with Crippen molar-refractivity contribution in [3.63, 3.8) is 0 Å². The lowest BCUT2D eigenvalue weighted by Crippen LogP contribution is -2.18. The Bertz CT molecular complexity index is 4620. The molecule has 3 aliphatic rings. The standard InChI is InChI=1S/C23H22FN5O3.C23H20FN5O2.C16H13ClN4O2.C6H7FN2/c1-12-7-13(26-10-16(12)24)8-14-9-18(20-19(27-14)11-29(2)23(20)31)28-17-6-4-5-15(22(25)30)21(17)32-3;1-13-7-15(26-11-17(13)24)8-16-9-19(21-20(27-16)12-29(2)23(21)30)28-18-6-4-5-14(10-25)22(18)31-3;1-21-8-12-14(16(21)22)11(6-13(17)20-12)19-10-5-3-4-9(7-18)15(10)23-2;1-4-2-6(8)9-3-5(4)7/h4-7,9-10H,8,11H2,1-3H3,(H2,25,30)(H,27,28);4-7,9,11H,8,12H2,1-3H3,(H,27,28);3-6H,8H2,1-2H3,(H,19,20);2-3H,1H3,(H2,8,9). The van der Waals surface area contributed by atoms with Crippen molar-refractivity contribution in [2.45, 2.75) is 53.2 Å². The van der Waals surface area contributed by atoms with Gasteiger partial charge >= 0.3 is 0 Å². The number of ether oxygens (including phenoxy) is 3. The van der Waals surface area contributed by atoms with Gasteiger partial charge in [0.2, 0.25) is 0 Å². The normalized spacial score (nSPS) is 12.3. The predicted molar refractivity (Wildman–Crippen MR) is 349 cm³/mol. The van der Waals surface area contributed by atoms with Crippen LogP contribution in [0.5, 0.6) is 17.2 Å². The fraction of sp³-hybridized carbons (Fsp3) is 0.206. The third kappa shape index (κ3) is 15.0. The van der Waals surface area contributed by atoms with Crippen molar-refractivity contribution in [3.05, 3.63) is 222 Å². The smallest absolute Gasteiger partial charge is 0.257 e. The van der Waals surface area contributed by atoms with Gasteiger partial charge in [-0.15, -0.1) is 0 Å². The molecular formula is C68H62ClF3N16O7. The molecule has 7 N–H and O–H groups in total. The monoisotopic (exact) mass is 1310 g/mol. The molecule has 0 aliphatic carbocycles. The van der Waals surface area contributed by atoms with Crippen LogP contribution in [-0.2, 0) is 32.5 Å². The van der Waals surface area contributed by atoms with Gasteiger partial charge in [-0.3, -0.25) is 39.1 Å². The summed E-state index contributed by atoms with van der Waals surface area (Å²) in [6.45, 7) is 6.18. The zero-order valence-electron chi connectivity index (χ0n) is 52.9. The SMILES string of the molecule is COc1c(C#N)cccc1Nc1cc(Cc2cc(C)c(F)cn2)nc2c1C(=O)N(C)C2.COc1c(C#N)cccc1Nc1cc(Cl)nc2c1C(=O)N(C)C2.COc1c(Nc2cc(Cc3cc(C)c(F)cn3)nc3c2C(=O)N(C)C3)cccc1C(N)=O.Cc1cc(N)ncc1F. The Morgan fingerprint density at radius 3 is 1.27 bits per heavy atom. The Kier molecular flexibility index (Phi) is 20.7. The lowest BCUT2D eigenvalue weighted by molar-refractivity contribution is 0.0809. The quantitative estimate of drug-likeness (QED) is 0.0632. The number of carbonyl (C=O) groups excluding carboxylic acids is 4. The third-order valence-corrected chi connectivity index (χ3v) is 15.4. The molecule has 9 aromatic rings. The van der Waals surface area contributed by atoms with Crippen LogP contribution < -0.4 is 41.6 Å². The van der Waals surface area contributed by atoms with E-state index in [0.717, 1.165) is 6.20 Å². The summed E-state index contributed by atoms with van der Waals surface area (Å²) in [7, 11) is 9.55. The molecule has 0 saturated heterocycles. The minimum absolute atomic E-state index is 0.123. The maximum absolute atomic E-state index is 13.6. The fourth-order valence-electron chi connectivity index (χ4n) is 10.6. The highest BCUT2D eigenvalue weighted by atomic mass is 35.5. The van der Waals surface area contributed by atoms with Crippen LogP contribution >= 0.6 is 11.6 Å². The number of hydrogen-bond donors (Lipinski definition) is 5. The van der Waals surface area contributed by atoms with E-state index in [2.05, 4.69) is 58.0 Å². The number of benzene rings is 3. The number of halogens is 4. The number of aromatic nitrogens is 6. The van der Waals surface area contributed by atoms with E-state index in [-0.39, 0.29) is 46.5 Å². The number of aryl methyl sites for hydroxylation is 3. The number of para-hydroxylation sites is 3. The van der Waals surface area contributed by atoms with Gasteiger partial charge in [-0.05, 0) is 110 Å². The molecule has 0 bridgehead atoms. The van der Waals surface area contributed by atoms with Crippen molar-refractivity contribution in [1.29, 1.82) is 10.5 Å². The average molecular weight is 1310 g/mol. The molecule has 4 amide bonds. The number of carbonyl (C=O) groups is 4. The second-order valence-corrected chi connectivity index (χ2v) is 22.3. The van der Waals surface area contributed by atoms with Crippen LogP contribution in [-0.4, -0.2) is 111 Å². The molecule has 3 aliphatic heterocycles. The van der Waals surface area contributed by atoms with Crippen molar-refractivity contribution in [2.24, 2.45) is 5.73 Å². The molecule has 12 rings (SSSR count).